The minimum atomic E-state index is -3.15. The summed E-state index contributed by atoms with van der Waals surface area (Å²) in [6.07, 6.45) is 5.33. The van der Waals surface area contributed by atoms with Gasteiger partial charge in [0, 0.05) is 18.5 Å². The van der Waals surface area contributed by atoms with Gasteiger partial charge in [0.25, 0.3) is 0 Å². The monoisotopic (exact) mass is 300 g/mol. The number of sulfonamides is 1. The van der Waals surface area contributed by atoms with Gasteiger partial charge in [-0.2, -0.15) is 0 Å². The molecule has 7 nitrogen and oxygen atoms in total. The Morgan fingerprint density at radius 1 is 1.35 bits per heavy atom. The minimum Gasteiger partial charge on any atom is -0.424 e. The van der Waals surface area contributed by atoms with Gasteiger partial charge in [-0.1, -0.05) is 0 Å². The molecule has 8 heteroatoms. The number of rotatable bonds is 5. The first-order valence-electron chi connectivity index (χ1n) is 7.01. The van der Waals surface area contributed by atoms with E-state index in [1.54, 1.807) is 0 Å². The van der Waals surface area contributed by atoms with Crippen LogP contribution < -0.4 is 4.72 Å². The first-order valence-corrected chi connectivity index (χ1v) is 8.91. The van der Waals surface area contributed by atoms with Crippen molar-refractivity contribution in [3.8, 4) is 0 Å². The van der Waals surface area contributed by atoms with E-state index in [9.17, 15) is 8.42 Å². The average molecular weight is 300 g/mol. The molecular weight excluding hydrogens is 280 g/mol. The van der Waals surface area contributed by atoms with Crippen LogP contribution in [0.1, 0.15) is 43.4 Å². The molecule has 3 rings (SSSR count). The quantitative estimate of drug-likeness (QED) is 0.850. The highest BCUT2D eigenvalue weighted by molar-refractivity contribution is 7.88. The Morgan fingerprint density at radius 2 is 2.15 bits per heavy atom. The lowest BCUT2D eigenvalue weighted by molar-refractivity contribution is 0.178. The number of hydrogen-bond acceptors (Lipinski definition) is 6. The predicted octanol–water partition coefficient (Wildman–Crippen LogP) is 0.461. The highest BCUT2D eigenvalue weighted by atomic mass is 32.2. The maximum atomic E-state index is 11.3. The molecule has 0 bridgehead atoms. The van der Waals surface area contributed by atoms with Crippen LogP contribution in [0.5, 0.6) is 0 Å². The van der Waals surface area contributed by atoms with E-state index in [2.05, 4.69) is 19.8 Å². The van der Waals surface area contributed by atoms with Crippen LogP contribution in [0.15, 0.2) is 4.42 Å². The number of hydrogen-bond donors (Lipinski definition) is 1. The van der Waals surface area contributed by atoms with E-state index in [4.69, 9.17) is 4.42 Å². The molecule has 1 saturated carbocycles. The largest absolute Gasteiger partial charge is 0.424 e. The van der Waals surface area contributed by atoms with Crippen LogP contribution >= 0.6 is 0 Å². The SMILES string of the molecule is CS(=O)(=O)NC1CCCN(Cc2nnc(C3CC3)o2)C1. The van der Waals surface area contributed by atoms with Crippen molar-refractivity contribution in [3.05, 3.63) is 11.8 Å². The summed E-state index contributed by atoms with van der Waals surface area (Å²) in [5.41, 5.74) is 0. The smallest absolute Gasteiger partial charge is 0.230 e. The lowest BCUT2D eigenvalue weighted by Crippen LogP contribution is -2.47. The molecule has 1 unspecified atom stereocenters. The molecule has 2 heterocycles. The third kappa shape index (κ3) is 3.77. The zero-order chi connectivity index (χ0) is 14.2. The Labute approximate surface area is 118 Å². The van der Waals surface area contributed by atoms with Crippen molar-refractivity contribution in [2.45, 2.75) is 44.2 Å². The fourth-order valence-electron chi connectivity index (χ4n) is 2.62. The maximum Gasteiger partial charge on any atom is 0.230 e. The number of nitrogens with one attached hydrogen (secondary N) is 1. The van der Waals surface area contributed by atoms with Gasteiger partial charge in [0.15, 0.2) is 0 Å². The van der Waals surface area contributed by atoms with Crippen molar-refractivity contribution in [2.24, 2.45) is 0 Å². The zero-order valence-electron chi connectivity index (χ0n) is 11.6. The molecule has 1 aromatic heterocycles. The molecule has 1 aromatic rings. The van der Waals surface area contributed by atoms with Crippen LogP contribution in [0, 0.1) is 0 Å². The zero-order valence-corrected chi connectivity index (χ0v) is 12.4. The van der Waals surface area contributed by atoms with Crippen molar-refractivity contribution in [1.29, 1.82) is 0 Å². The summed E-state index contributed by atoms with van der Waals surface area (Å²) in [7, 11) is -3.15. The first-order chi connectivity index (χ1) is 9.49. The summed E-state index contributed by atoms with van der Waals surface area (Å²) in [6, 6.07) is -0.0235. The molecule has 2 fully saturated rings. The molecule has 1 atom stereocenters. The summed E-state index contributed by atoms with van der Waals surface area (Å²) in [5, 5.41) is 8.14. The molecule has 2 aliphatic rings. The van der Waals surface area contributed by atoms with Crippen LogP contribution in [0.4, 0.5) is 0 Å². The van der Waals surface area contributed by atoms with Gasteiger partial charge < -0.3 is 4.42 Å². The van der Waals surface area contributed by atoms with E-state index in [1.807, 2.05) is 0 Å². The van der Waals surface area contributed by atoms with E-state index < -0.39 is 10.0 Å². The van der Waals surface area contributed by atoms with Gasteiger partial charge in [0.05, 0.1) is 12.8 Å². The van der Waals surface area contributed by atoms with Crippen molar-refractivity contribution in [2.75, 3.05) is 19.3 Å². The molecule has 112 valence electrons. The van der Waals surface area contributed by atoms with Gasteiger partial charge in [-0.25, -0.2) is 13.1 Å². The Morgan fingerprint density at radius 3 is 2.85 bits per heavy atom. The Bertz CT molecular complexity index is 567. The third-order valence-electron chi connectivity index (χ3n) is 3.65. The second-order valence-electron chi connectivity index (χ2n) is 5.77. The molecule has 1 aliphatic carbocycles. The van der Waals surface area contributed by atoms with Gasteiger partial charge in [0.2, 0.25) is 21.8 Å². The lowest BCUT2D eigenvalue weighted by atomic mass is 10.1. The molecule has 1 aliphatic heterocycles. The fourth-order valence-corrected chi connectivity index (χ4v) is 3.41. The van der Waals surface area contributed by atoms with Crippen LogP contribution in [-0.2, 0) is 16.6 Å². The Kier molecular flexibility index (Phi) is 3.78. The van der Waals surface area contributed by atoms with E-state index >= 15 is 0 Å². The molecule has 0 aromatic carbocycles. The van der Waals surface area contributed by atoms with E-state index in [-0.39, 0.29) is 6.04 Å². The Balaban J connectivity index is 1.56. The van der Waals surface area contributed by atoms with E-state index in [0.29, 0.717) is 24.9 Å². The lowest BCUT2D eigenvalue weighted by Gasteiger charge is -2.31. The number of aromatic nitrogens is 2. The van der Waals surface area contributed by atoms with Crippen molar-refractivity contribution in [3.63, 3.8) is 0 Å². The van der Waals surface area contributed by atoms with Crippen LogP contribution in [0.2, 0.25) is 0 Å². The van der Waals surface area contributed by atoms with Gasteiger partial charge in [-0.3, -0.25) is 4.90 Å². The summed E-state index contributed by atoms with van der Waals surface area (Å²) >= 11 is 0. The second kappa shape index (κ2) is 5.42. The predicted molar refractivity (Wildman–Crippen MR) is 72.6 cm³/mol. The van der Waals surface area contributed by atoms with Crippen molar-refractivity contribution < 1.29 is 12.8 Å². The van der Waals surface area contributed by atoms with Crippen LogP contribution in [0.3, 0.4) is 0 Å². The standard InChI is InChI=1S/C12H20N4O3S/c1-20(17,18)15-10-3-2-6-16(7-10)8-11-13-14-12(19-11)9-4-5-9/h9-10,15H,2-8H2,1H3. The van der Waals surface area contributed by atoms with Crippen LogP contribution in [-0.4, -0.2) is 48.9 Å². The van der Waals surface area contributed by atoms with Gasteiger partial charge in [-0.15, -0.1) is 10.2 Å². The van der Waals surface area contributed by atoms with Gasteiger partial charge >= 0.3 is 0 Å². The van der Waals surface area contributed by atoms with Gasteiger partial charge in [0.1, 0.15) is 0 Å². The van der Waals surface area contributed by atoms with Gasteiger partial charge in [-0.05, 0) is 32.2 Å². The minimum absolute atomic E-state index is 0.0235. The molecule has 0 amide bonds. The second-order valence-corrected chi connectivity index (χ2v) is 7.55. The highest BCUT2D eigenvalue weighted by Gasteiger charge is 2.30. The number of likely N-dealkylation sites (tertiary alicyclic amines) is 1. The van der Waals surface area contributed by atoms with Crippen LogP contribution in [0.25, 0.3) is 0 Å². The summed E-state index contributed by atoms with van der Waals surface area (Å²) in [4.78, 5) is 2.16. The average Bonchev–Trinajstić information content (AvgIpc) is 3.09. The summed E-state index contributed by atoms with van der Waals surface area (Å²) < 4.78 is 30.9. The first kappa shape index (κ1) is 14.0. The summed E-state index contributed by atoms with van der Waals surface area (Å²) in [6.45, 7) is 2.22. The topological polar surface area (TPSA) is 88.3 Å². The highest BCUT2D eigenvalue weighted by Crippen LogP contribution is 2.39. The Hall–Kier alpha value is -0.990. The number of piperidine rings is 1. The molecule has 1 N–H and O–H groups in total. The molecule has 1 saturated heterocycles. The molecular formula is C12H20N4O3S. The van der Waals surface area contributed by atoms with Crippen molar-refractivity contribution >= 4 is 10.0 Å². The maximum absolute atomic E-state index is 11.3. The summed E-state index contributed by atoms with van der Waals surface area (Å²) in [5.74, 6) is 1.85. The van der Waals surface area contributed by atoms with Crippen molar-refractivity contribution in [1.82, 2.24) is 19.8 Å². The molecule has 0 spiro atoms. The number of nitrogens with zero attached hydrogens (tertiary/aromatic N) is 3. The third-order valence-corrected chi connectivity index (χ3v) is 4.42. The molecule has 0 radical (unpaired) electrons. The fraction of sp³-hybridized carbons (Fsp3) is 0.833. The van der Waals surface area contributed by atoms with E-state index in [1.165, 1.54) is 6.26 Å². The normalized spacial score (nSPS) is 24.9. The van der Waals surface area contributed by atoms with E-state index in [0.717, 1.165) is 38.1 Å². The molecule has 20 heavy (non-hydrogen) atoms.